The number of tetrazole rings is 1. The minimum Gasteiger partial charge on any atom is -0.497 e. The lowest BCUT2D eigenvalue weighted by molar-refractivity contribution is -0.118. The van der Waals surface area contributed by atoms with E-state index in [0.717, 1.165) is 23.4 Å². The van der Waals surface area contributed by atoms with E-state index in [0.29, 0.717) is 31.0 Å². The van der Waals surface area contributed by atoms with Crippen molar-refractivity contribution in [3.63, 3.8) is 0 Å². The maximum Gasteiger partial charge on any atom is 0.243 e. The van der Waals surface area contributed by atoms with Gasteiger partial charge in [-0.3, -0.25) is 9.48 Å². The maximum absolute atomic E-state index is 12.1. The van der Waals surface area contributed by atoms with E-state index in [1.807, 2.05) is 45.9 Å². The lowest BCUT2D eigenvalue weighted by Gasteiger charge is -2.38. The van der Waals surface area contributed by atoms with Gasteiger partial charge in [-0.05, 0) is 87.3 Å². The van der Waals surface area contributed by atoms with Gasteiger partial charge in [-0.2, -0.15) is 4.68 Å². The number of aliphatic hydroxyl groups is 1. The molecule has 12 heteroatoms. The monoisotopic (exact) mass is 497 g/mol. The lowest BCUT2D eigenvalue weighted by Crippen LogP contribution is -2.53. The molecule has 0 aliphatic heterocycles. The molecule has 1 aromatic carbocycles. The second-order valence-electron chi connectivity index (χ2n) is 9.56. The number of nitrogens with zero attached hydrogens (tertiary/aromatic N) is 7. The largest absolute Gasteiger partial charge is 0.497 e. The zero-order chi connectivity index (χ0) is 26.3. The highest BCUT2D eigenvalue weighted by Crippen LogP contribution is 2.31. The number of benzene rings is 1. The minimum atomic E-state index is -0.716. The van der Waals surface area contributed by atoms with Crippen LogP contribution >= 0.6 is 0 Å². The van der Waals surface area contributed by atoms with Crippen LogP contribution in [-0.2, 0) is 23.5 Å². The van der Waals surface area contributed by atoms with Gasteiger partial charge >= 0.3 is 0 Å². The number of aromatic nitrogens is 7. The molecule has 1 unspecified atom stereocenters. The van der Waals surface area contributed by atoms with Gasteiger partial charge in [0, 0.05) is 12.1 Å². The van der Waals surface area contributed by atoms with Crippen molar-refractivity contribution in [1.82, 2.24) is 45.8 Å². The third kappa shape index (κ3) is 6.52. The molecular formula is C24H35N9O3. The summed E-state index contributed by atoms with van der Waals surface area (Å²) in [5.41, 5.74) is 1.00. The third-order valence-electron chi connectivity index (χ3n) is 5.86. The third-order valence-corrected chi connectivity index (χ3v) is 5.86. The second kappa shape index (κ2) is 11.4. The van der Waals surface area contributed by atoms with E-state index in [-0.39, 0.29) is 12.5 Å². The second-order valence-corrected chi connectivity index (χ2v) is 9.56. The van der Waals surface area contributed by atoms with Crippen molar-refractivity contribution in [2.45, 2.75) is 64.8 Å². The summed E-state index contributed by atoms with van der Waals surface area (Å²) in [7, 11) is 1.63. The number of aliphatic hydroxyl groups excluding tert-OH is 1. The van der Waals surface area contributed by atoms with Crippen molar-refractivity contribution in [3.8, 4) is 11.4 Å². The van der Waals surface area contributed by atoms with Crippen LogP contribution in [0.5, 0.6) is 5.75 Å². The predicted octanol–water partition coefficient (Wildman–Crippen LogP) is 1.43. The van der Waals surface area contributed by atoms with Gasteiger partial charge in [-0.25, -0.2) is 0 Å². The molecule has 0 bridgehead atoms. The number of carbonyl (C=O) groups excluding carboxylic acids is 1. The molecule has 0 saturated heterocycles. The van der Waals surface area contributed by atoms with Crippen molar-refractivity contribution in [2.24, 2.45) is 0 Å². The Balaban J connectivity index is 1.88. The molecule has 3 N–H and O–H groups in total. The van der Waals surface area contributed by atoms with Crippen molar-refractivity contribution in [3.05, 3.63) is 54.1 Å². The average molecular weight is 498 g/mol. The Bertz CT molecular complexity index is 1190. The van der Waals surface area contributed by atoms with Crippen LogP contribution < -0.4 is 15.4 Å². The fraction of sp³-hybridized carbons (Fsp3) is 0.500. The number of rotatable bonds is 13. The van der Waals surface area contributed by atoms with Gasteiger partial charge in [0.15, 0.2) is 5.82 Å². The average Bonchev–Trinajstić information content (AvgIpc) is 3.51. The normalized spacial score (nSPS) is 13.3. The van der Waals surface area contributed by atoms with Crippen LogP contribution in [0.2, 0.25) is 0 Å². The molecule has 2 heterocycles. The van der Waals surface area contributed by atoms with Crippen LogP contribution in [0.3, 0.4) is 0 Å². The van der Waals surface area contributed by atoms with Crippen molar-refractivity contribution in [2.75, 3.05) is 13.7 Å². The van der Waals surface area contributed by atoms with Crippen LogP contribution in [0.25, 0.3) is 5.69 Å². The summed E-state index contributed by atoms with van der Waals surface area (Å²) < 4.78 is 8.76. The first-order chi connectivity index (χ1) is 17.1. The predicted molar refractivity (Wildman–Crippen MR) is 133 cm³/mol. The number of hydrogen-bond acceptors (Lipinski definition) is 9. The minimum absolute atomic E-state index is 0.144. The van der Waals surface area contributed by atoms with Gasteiger partial charge in [-0.1, -0.05) is 11.8 Å². The summed E-state index contributed by atoms with van der Waals surface area (Å²) in [5, 5.41) is 36.4. The Morgan fingerprint density at radius 1 is 1.25 bits per heavy atom. The van der Waals surface area contributed by atoms with Crippen LogP contribution in [-0.4, -0.2) is 65.4 Å². The van der Waals surface area contributed by atoms with Gasteiger partial charge < -0.3 is 20.5 Å². The molecule has 36 heavy (non-hydrogen) atoms. The van der Waals surface area contributed by atoms with E-state index in [4.69, 9.17) is 4.74 Å². The molecule has 3 aromatic rings. The molecule has 12 nitrogen and oxygen atoms in total. The van der Waals surface area contributed by atoms with E-state index < -0.39 is 11.1 Å². The van der Waals surface area contributed by atoms with Crippen molar-refractivity contribution in [1.29, 1.82) is 0 Å². The molecule has 0 saturated carbocycles. The number of methoxy groups -OCH3 is 1. The molecular weight excluding hydrogens is 462 g/mol. The van der Waals surface area contributed by atoms with Crippen LogP contribution in [0.1, 0.15) is 50.7 Å². The fourth-order valence-electron chi connectivity index (χ4n) is 4.34. The smallest absolute Gasteiger partial charge is 0.243 e. The quantitative estimate of drug-likeness (QED) is 0.236. The van der Waals surface area contributed by atoms with Gasteiger partial charge in [-0.15, -0.1) is 10.2 Å². The van der Waals surface area contributed by atoms with E-state index in [9.17, 15) is 9.90 Å². The first-order valence-corrected chi connectivity index (χ1v) is 11.7. The first-order valence-electron chi connectivity index (χ1n) is 11.7. The Kier molecular flexibility index (Phi) is 8.53. The van der Waals surface area contributed by atoms with Gasteiger partial charge in [0.25, 0.3) is 0 Å². The summed E-state index contributed by atoms with van der Waals surface area (Å²) in [6.45, 7) is 12.6. The zero-order valence-corrected chi connectivity index (χ0v) is 21.5. The molecule has 0 aliphatic rings. The highest BCUT2D eigenvalue weighted by Gasteiger charge is 2.39. The van der Waals surface area contributed by atoms with E-state index >= 15 is 0 Å². The van der Waals surface area contributed by atoms with Gasteiger partial charge in [0.1, 0.15) is 11.4 Å². The molecule has 3 rings (SSSR count). The fourth-order valence-corrected chi connectivity index (χ4v) is 4.34. The highest BCUT2D eigenvalue weighted by molar-refractivity contribution is 5.87. The number of ether oxygens (including phenoxy) is 1. The van der Waals surface area contributed by atoms with Crippen LogP contribution in [0.15, 0.2) is 37.1 Å². The lowest BCUT2D eigenvalue weighted by atomic mass is 9.84. The van der Waals surface area contributed by atoms with Gasteiger partial charge in [0.2, 0.25) is 5.91 Å². The molecule has 0 fully saturated rings. The van der Waals surface area contributed by atoms with E-state index in [1.165, 1.54) is 6.08 Å². The number of hydrogen-bond donors (Lipinski definition) is 3. The van der Waals surface area contributed by atoms with Gasteiger partial charge in [0.05, 0.1) is 31.1 Å². The SMILES string of the molecule is C=CC(=O)NC(C)(C)CC(C)(NCCCn1cc(CO)nn1)c1nnnn1-c1ccc(OC)cc1C. The first kappa shape index (κ1) is 27.0. The Hall–Kier alpha value is -3.64. The number of carbonyl (C=O) groups is 1. The summed E-state index contributed by atoms with van der Waals surface area (Å²) in [5.74, 6) is 1.11. The molecule has 194 valence electrons. The van der Waals surface area contributed by atoms with E-state index in [2.05, 4.69) is 43.1 Å². The summed E-state index contributed by atoms with van der Waals surface area (Å²) in [6.07, 6.45) is 4.22. The number of amides is 1. The van der Waals surface area contributed by atoms with Crippen molar-refractivity contribution < 1.29 is 14.6 Å². The standard InChI is InChI=1S/C24H35N9O3/c1-7-21(35)26-23(3,4)16-24(5,25-11-8-12-32-14-18(15-34)27-30-32)22-28-29-31-33(22)20-10-9-19(36-6)13-17(20)2/h7,9-10,13-14,25,34H,1,8,11-12,15-16H2,2-6H3,(H,26,35). The molecule has 0 radical (unpaired) electrons. The maximum atomic E-state index is 12.1. The van der Waals surface area contributed by atoms with E-state index in [1.54, 1.807) is 22.7 Å². The Morgan fingerprint density at radius 3 is 2.67 bits per heavy atom. The number of nitrogens with one attached hydrogen (secondary N) is 2. The van der Waals surface area contributed by atoms with Crippen molar-refractivity contribution >= 4 is 5.91 Å². The molecule has 1 atom stereocenters. The number of aryl methyl sites for hydroxylation is 2. The van der Waals surface area contributed by atoms with Crippen LogP contribution in [0, 0.1) is 6.92 Å². The highest BCUT2D eigenvalue weighted by atomic mass is 16.5. The molecule has 1 amide bonds. The summed E-state index contributed by atoms with van der Waals surface area (Å²) >= 11 is 0. The van der Waals surface area contributed by atoms with Crippen LogP contribution in [0.4, 0.5) is 0 Å². The zero-order valence-electron chi connectivity index (χ0n) is 21.5. The Morgan fingerprint density at radius 2 is 2.03 bits per heavy atom. The molecule has 0 spiro atoms. The molecule has 0 aliphatic carbocycles. The topological polar surface area (TPSA) is 145 Å². The summed E-state index contributed by atoms with van der Waals surface area (Å²) in [4.78, 5) is 12.1. The Labute approximate surface area is 210 Å². The molecule has 2 aromatic heterocycles. The summed E-state index contributed by atoms with van der Waals surface area (Å²) in [6, 6.07) is 5.71.